The van der Waals surface area contributed by atoms with Gasteiger partial charge in [-0.05, 0) is 74.3 Å². The van der Waals surface area contributed by atoms with Gasteiger partial charge in [-0.1, -0.05) is 122 Å². The maximum atomic E-state index is 13.3. The first-order chi connectivity index (χ1) is 28.9. The van der Waals surface area contributed by atoms with Crippen LogP contribution in [0.2, 0.25) is 0 Å². The molecular formula is C42H63N7O9S2. The number of carbonyl (C=O) groups excluding carboxylic acids is 2. The molecule has 2 saturated carbocycles. The SMILES string of the molecule is N/C(=N\O)[C@@H]1CCCCN1S(=O)(=O)CC1CCCCC1.N/C(=N\OC(=O)[C@@H](NC(=O)OCc1ccccc1)c1ccccc1)[C@@H]1CCCCN1S(=O)(=O)CC1CCCCC1. The summed E-state index contributed by atoms with van der Waals surface area (Å²) in [5.74, 6) is -0.224. The topological polar surface area (TPSA) is 236 Å². The van der Waals surface area contributed by atoms with Crippen LogP contribution in [0.25, 0.3) is 0 Å². The number of ether oxygens (including phenoxy) is 1. The number of sulfonamides is 2. The highest BCUT2D eigenvalue weighted by Crippen LogP contribution is 2.30. The maximum absolute atomic E-state index is 13.3. The fourth-order valence-corrected chi connectivity index (χ4v) is 12.9. The van der Waals surface area contributed by atoms with Gasteiger partial charge >= 0.3 is 12.1 Å². The molecule has 18 heteroatoms. The molecule has 332 valence electrons. The number of piperidine rings is 2. The lowest BCUT2D eigenvalue weighted by molar-refractivity contribution is -0.146. The van der Waals surface area contributed by atoms with Crippen molar-refractivity contribution in [3.63, 3.8) is 0 Å². The number of hydrogen-bond acceptors (Lipinski definition) is 11. The molecule has 6 N–H and O–H groups in total. The monoisotopic (exact) mass is 873 g/mol. The van der Waals surface area contributed by atoms with E-state index in [-0.39, 0.29) is 41.6 Å². The highest BCUT2D eigenvalue weighted by molar-refractivity contribution is 7.89. The third kappa shape index (κ3) is 13.9. The number of nitrogens with one attached hydrogen (secondary N) is 1. The van der Waals surface area contributed by atoms with E-state index >= 15 is 0 Å². The van der Waals surface area contributed by atoms with Crippen molar-refractivity contribution in [3.05, 3.63) is 71.8 Å². The fourth-order valence-electron chi connectivity index (χ4n) is 8.65. The number of alkyl carbamates (subject to hydrolysis) is 1. The summed E-state index contributed by atoms with van der Waals surface area (Å²) in [6.07, 6.45) is 14.2. The van der Waals surface area contributed by atoms with Crippen LogP contribution in [0.4, 0.5) is 4.79 Å². The Morgan fingerprint density at radius 1 is 0.683 bits per heavy atom. The molecule has 2 aromatic carbocycles. The van der Waals surface area contributed by atoms with Gasteiger partial charge < -0.3 is 31.6 Å². The fraction of sp³-hybridized carbons (Fsp3) is 0.619. The van der Waals surface area contributed by atoms with Gasteiger partial charge in [-0.2, -0.15) is 8.61 Å². The van der Waals surface area contributed by atoms with Crippen molar-refractivity contribution in [2.24, 2.45) is 33.6 Å². The predicted molar refractivity (Wildman–Crippen MR) is 229 cm³/mol. The molecule has 60 heavy (non-hydrogen) atoms. The zero-order chi connectivity index (χ0) is 43.0. The third-order valence-corrected chi connectivity index (χ3v) is 15.9. The normalized spacial score (nSPS) is 22.5. The molecule has 16 nitrogen and oxygen atoms in total. The molecule has 3 atom stereocenters. The Balaban J connectivity index is 0.000000285. The lowest BCUT2D eigenvalue weighted by Gasteiger charge is -2.35. The van der Waals surface area contributed by atoms with Crippen LogP contribution in [0.1, 0.15) is 120 Å². The summed E-state index contributed by atoms with van der Waals surface area (Å²) in [6.45, 7) is 0.864. The average molecular weight is 874 g/mol. The van der Waals surface area contributed by atoms with Crippen LogP contribution < -0.4 is 16.8 Å². The van der Waals surface area contributed by atoms with E-state index in [2.05, 4.69) is 15.6 Å². The van der Waals surface area contributed by atoms with Crippen LogP contribution in [0, 0.1) is 11.8 Å². The zero-order valence-corrected chi connectivity index (χ0v) is 36.1. The third-order valence-electron chi connectivity index (χ3n) is 11.8. The maximum Gasteiger partial charge on any atom is 0.408 e. The first-order valence-corrected chi connectivity index (χ1v) is 24.6. The molecule has 2 heterocycles. The van der Waals surface area contributed by atoms with Crippen LogP contribution in [0.15, 0.2) is 71.0 Å². The second-order valence-electron chi connectivity index (χ2n) is 16.3. The van der Waals surface area contributed by atoms with Crippen LogP contribution in [0.5, 0.6) is 0 Å². The molecule has 4 aliphatic rings. The van der Waals surface area contributed by atoms with Crippen LogP contribution in [-0.2, 0) is 41.0 Å². The highest BCUT2D eigenvalue weighted by Gasteiger charge is 2.38. The van der Waals surface area contributed by atoms with Crippen LogP contribution >= 0.6 is 0 Å². The minimum absolute atomic E-state index is 0.0110. The van der Waals surface area contributed by atoms with Gasteiger partial charge in [0.1, 0.15) is 6.61 Å². The lowest BCUT2D eigenvalue weighted by atomic mass is 9.91. The molecule has 0 bridgehead atoms. The highest BCUT2D eigenvalue weighted by atomic mass is 32.2. The molecule has 4 fully saturated rings. The summed E-state index contributed by atoms with van der Waals surface area (Å²) >= 11 is 0. The van der Waals surface area contributed by atoms with Gasteiger partial charge in [0.15, 0.2) is 17.7 Å². The van der Waals surface area contributed by atoms with Crippen molar-refractivity contribution in [3.8, 4) is 0 Å². The summed E-state index contributed by atoms with van der Waals surface area (Å²) in [7, 11) is -6.89. The van der Waals surface area contributed by atoms with Gasteiger partial charge in [-0.25, -0.2) is 26.4 Å². The second kappa shape index (κ2) is 23.1. The number of nitrogens with two attached hydrogens (primary N) is 2. The van der Waals surface area contributed by atoms with Crippen molar-refractivity contribution in [2.75, 3.05) is 24.6 Å². The number of oxime groups is 2. The van der Waals surface area contributed by atoms with E-state index in [9.17, 15) is 26.4 Å². The summed E-state index contributed by atoms with van der Waals surface area (Å²) < 4.78 is 60.1. The van der Waals surface area contributed by atoms with E-state index in [4.69, 9.17) is 26.2 Å². The number of hydrogen-bond donors (Lipinski definition) is 4. The molecule has 2 aromatic rings. The van der Waals surface area contributed by atoms with Crippen molar-refractivity contribution in [1.29, 1.82) is 0 Å². The molecule has 6 rings (SSSR count). The Morgan fingerprint density at radius 2 is 1.15 bits per heavy atom. The molecule has 2 aliphatic heterocycles. The first-order valence-electron chi connectivity index (χ1n) is 21.4. The summed E-state index contributed by atoms with van der Waals surface area (Å²) in [5, 5.41) is 18.2. The van der Waals surface area contributed by atoms with Crippen molar-refractivity contribution in [1.82, 2.24) is 13.9 Å². The standard InChI is InChI=1S/C29H38N4O6S.C13H25N3O3S/c30-27(25-18-10-11-19-33(25)40(36,37)21-23-14-6-2-7-15-23)32-39-28(34)26(24-16-8-3-9-17-24)31-29(35)38-20-22-12-4-1-5-13-22;14-13(15-17)12-8-4-5-9-16(12)20(18,19)10-11-6-2-1-3-7-11/h1,3-5,8-9,12-13,16-17,23,25-26H,2,6-7,10-11,14-15,18-21H2,(H2,30,32)(H,31,35);11-12,17H,1-10H2,(H2,14,15)/t25-,26-;12-/m00/s1. The van der Waals surface area contributed by atoms with Crippen LogP contribution in [0.3, 0.4) is 0 Å². The molecule has 2 aliphatic carbocycles. The molecule has 0 spiro atoms. The Labute approximate surface area is 355 Å². The Morgan fingerprint density at radius 3 is 1.65 bits per heavy atom. The van der Waals surface area contributed by atoms with Crippen molar-refractivity contribution in [2.45, 2.75) is 127 Å². The van der Waals surface area contributed by atoms with Gasteiger partial charge in [0.05, 0.1) is 23.6 Å². The quantitative estimate of drug-likeness (QED) is 0.0588. The first kappa shape index (κ1) is 46.8. The molecule has 0 unspecified atom stereocenters. The molecular weight excluding hydrogens is 811 g/mol. The number of carbonyl (C=O) groups is 2. The Bertz CT molecular complexity index is 1940. The molecule has 0 radical (unpaired) electrons. The van der Waals surface area contributed by atoms with E-state index in [0.29, 0.717) is 31.5 Å². The second-order valence-corrected chi connectivity index (χ2v) is 20.2. The van der Waals surface area contributed by atoms with Crippen molar-refractivity contribution < 1.29 is 41.2 Å². The number of amides is 1. The lowest BCUT2D eigenvalue weighted by Crippen LogP contribution is -2.51. The Kier molecular flexibility index (Phi) is 18.0. The largest absolute Gasteiger partial charge is 0.445 e. The van der Waals surface area contributed by atoms with Gasteiger partial charge in [0.25, 0.3) is 0 Å². The Hall–Kier alpha value is -4.26. The van der Waals surface area contributed by atoms with Gasteiger partial charge in [0.2, 0.25) is 20.0 Å². The average Bonchev–Trinajstić information content (AvgIpc) is 3.27. The number of nitrogens with zero attached hydrogens (tertiary/aromatic N) is 4. The van der Waals surface area contributed by atoms with E-state index in [1.54, 1.807) is 30.3 Å². The predicted octanol–water partition coefficient (Wildman–Crippen LogP) is 5.73. The number of rotatable bonds is 14. The van der Waals surface area contributed by atoms with Gasteiger partial charge in [0, 0.05) is 13.1 Å². The minimum atomic E-state index is -3.56. The molecule has 0 aromatic heterocycles. The minimum Gasteiger partial charge on any atom is -0.445 e. The summed E-state index contributed by atoms with van der Waals surface area (Å²) in [5.41, 5.74) is 13.1. The zero-order valence-electron chi connectivity index (χ0n) is 34.5. The van der Waals surface area contributed by atoms with E-state index in [1.807, 2.05) is 30.3 Å². The van der Waals surface area contributed by atoms with E-state index in [1.165, 1.54) is 15.0 Å². The van der Waals surface area contributed by atoms with Gasteiger partial charge in [-0.3, -0.25) is 0 Å². The van der Waals surface area contributed by atoms with Crippen molar-refractivity contribution >= 4 is 43.8 Å². The molecule has 2 saturated heterocycles. The van der Waals surface area contributed by atoms with E-state index < -0.39 is 50.2 Å². The summed E-state index contributed by atoms with van der Waals surface area (Å²) in [6, 6.07) is 15.3. The van der Waals surface area contributed by atoms with Gasteiger partial charge in [-0.15, -0.1) is 0 Å². The summed E-state index contributed by atoms with van der Waals surface area (Å²) in [4.78, 5) is 30.8. The van der Waals surface area contributed by atoms with E-state index in [0.717, 1.165) is 89.0 Å². The molecule has 1 amide bonds. The number of amidine groups is 2. The smallest absolute Gasteiger partial charge is 0.408 e. The van der Waals surface area contributed by atoms with Crippen LogP contribution in [-0.4, -0.2) is 91.1 Å². The number of benzene rings is 2.